The number of rotatable bonds is 7. The van der Waals surface area contributed by atoms with Crippen molar-refractivity contribution in [2.45, 2.75) is 78.2 Å². The van der Waals surface area contributed by atoms with Crippen LogP contribution in [-0.2, 0) is 0 Å². The first-order valence-corrected chi connectivity index (χ1v) is 7.93. The monoisotopic (exact) mass is 239 g/mol. The van der Waals surface area contributed by atoms with E-state index in [1.54, 1.807) is 0 Å². The summed E-state index contributed by atoms with van der Waals surface area (Å²) in [5.74, 6) is 2.86. The predicted molar refractivity (Wildman–Crippen MR) is 77.3 cm³/mol. The van der Waals surface area contributed by atoms with Crippen LogP contribution in [0.5, 0.6) is 0 Å². The maximum absolute atomic E-state index is 3.62. The number of hydrogen-bond donors (Lipinski definition) is 1. The first-order valence-electron chi connectivity index (χ1n) is 7.93. The lowest BCUT2D eigenvalue weighted by molar-refractivity contribution is 0.173. The van der Waals surface area contributed by atoms with Crippen molar-refractivity contribution < 1.29 is 0 Å². The molecule has 17 heavy (non-hydrogen) atoms. The second kappa shape index (κ2) is 8.13. The molecule has 1 aliphatic carbocycles. The molecule has 102 valence electrons. The Balaban J connectivity index is 2.44. The molecule has 1 rings (SSSR count). The van der Waals surface area contributed by atoms with E-state index in [9.17, 15) is 0 Å². The highest BCUT2D eigenvalue weighted by molar-refractivity contribution is 4.85. The lowest BCUT2D eigenvalue weighted by atomic mass is 9.73. The smallest absolute Gasteiger partial charge is 0.0120 e. The summed E-state index contributed by atoms with van der Waals surface area (Å²) in [7, 11) is 2.17. The Labute approximate surface area is 109 Å². The van der Waals surface area contributed by atoms with Crippen molar-refractivity contribution in [2.24, 2.45) is 17.8 Å². The summed E-state index contributed by atoms with van der Waals surface area (Å²) in [6, 6.07) is 0.771. The van der Waals surface area contributed by atoms with Crippen molar-refractivity contribution in [3.8, 4) is 0 Å². The van der Waals surface area contributed by atoms with Gasteiger partial charge in [-0.3, -0.25) is 0 Å². The lowest BCUT2D eigenvalue weighted by Gasteiger charge is -2.37. The SMILES string of the molecule is CCCC1CCC(C(NC)C(CC)CC)CC1. The third-order valence-corrected chi connectivity index (χ3v) is 4.99. The minimum Gasteiger partial charge on any atom is -0.316 e. The van der Waals surface area contributed by atoms with Crippen molar-refractivity contribution in [3.05, 3.63) is 0 Å². The van der Waals surface area contributed by atoms with E-state index in [1.807, 2.05) is 0 Å². The Bertz CT molecular complexity index is 178. The minimum atomic E-state index is 0.771. The van der Waals surface area contributed by atoms with Crippen molar-refractivity contribution in [1.82, 2.24) is 5.32 Å². The summed E-state index contributed by atoms with van der Waals surface area (Å²) in [6.07, 6.45) is 11.4. The Morgan fingerprint density at radius 1 is 1.00 bits per heavy atom. The van der Waals surface area contributed by atoms with Crippen LogP contribution in [0, 0.1) is 17.8 Å². The average Bonchev–Trinajstić information content (AvgIpc) is 2.37. The van der Waals surface area contributed by atoms with Crippen molar-refractivity contribution in [2.75, 3.05) is 7.05 Å². The summed E-state index contributed by atoms with van der Waals surface area (Å²) in [6.45, 7) is 7.02. The van der Waals surface area contributed by atoms with Gasteiger partial charge in [-0.2, -0.15) is 0 Å². The van der Waals surface area contributed by atoms with Crippen LogP contribution in [0.25, 0.3) is 0 Å². The molecular weight excluding hydrogens is 206 g/mol. The van der Waals surface area contributed by atoms with Gasteiger partial charge in [0.05, 0.1) is 0 Å². The van der Waals surface area contributed by atoms with Gasteiger partial charge in [-0.25, -0.2) is 0 Å². The van der Waals surface area contributed by atoms with Crippen LogP contribution in [-0.4, -0.2) is 13.1 Å². The molecule has 0 radical (unpaired) electrons. The third-order valence-electron chi connectivity index (χ3n) is 4.99. The van der Waals surface area contributed by atoms with E-state index >= 15 is 0 Å². The molecule has 0 spiro atoms. The molecule has 1 heteroatoms. The molecule has 1 saturated carbocycles. The molecule has 0 saturated heterocycles. The molecule has 1 aliphatic rings. The molecule has 1 N–H and O–H groups in total. The Kier molecular flexibility index (Phi) is 7.18. The zero-order valence-corrected chi connectivity index (χ0v) is 12.5. The summed E-state index contributed by atoms with van der Waals surface area (Å²) in [5.41, 5.74) is 0. The molecule has 1 atom stereocenters. The predicted octanol–water partition coefficient (Wildman–Crippen LogP) is 4.62. The maximum atomic E-state index is 3.62. The van der Waals surface area contributed by atoms with E-state index in [-0.39, 0.29) is 0 Å². The lowest BCUT2D eigenvalue weighted by Crippen LogP contribution is -2.41. The highest BCUT2D eigenvalue weighted by Gasteiger charge is 2.29. The van der Waals surface area contributed by atoms with Crippen LogP contribution in [0.4, 0.5) is 0 Å². The molecule has 0 aliphatic heterocycles. The molecule has 1 nitrogen and oxygen atoms in total. The van der Waals surface area contributed by atoms with E-state index in [1.165, 1.54) is 51.4 Å². The minimum absolute atomic E-state index is 0.771. The van der Waals surface area contributed by atoms with Crippen LogP contribution >= 0.6 is 0 Å². The Morgan fingerprint density at radius 3 is 2.00 bits per heavy atom. The largest absolute Gasteiger partial charge is 0.316 e. The normalized spacial score (nSPS) is 27.4. The van der Waals surface area contributed by atoms with Crippen LogP contribution in [0.3, 0.4) is 0 Å². The van der Waals surface area contributed by atoms with Gasteiger partial charge in [-0.15, -0.1) is 0 Å². The fraction of sp³-hybridized carbons (Fsp3) is 1.00. The van der Waals surface area contributed by atoms with Crippen LogP contribution < -0.4 is 5.32 Å². The fourth-order valence-corrected chi connectivity index (χ4v) is 3.90. The van der Waals surface area contributed by atoms with Crippen LogP contribution in [0.2, 0.25) is 0 Å². The molecule has 1 fully saturated rings. The zero-order valence-electron chi connectivity index (χ0n) is 12.5. The van der Waals surface area contributed by atoms with Crippen LogP contribution in [0.15, 0.2) is 0 Å². The summed E-state index contributed by atoms with van der Waals surface area (Å²) < 4.78 is 0. The second-order valence-electron chi connectivity index (χ2n) is 5.96. The zero-order chi connectivity index (χ0) is 12.7. The van der Waals surface area contributed by atoms with Gasteiger partial charge >= 0.3 is 0 Å². The van der Waals surface area contributed by atoms with Gasteiger partial charge in [0, 0.05) is 6.04 Å². The van der Waals surface area contributed by atoms with E-state index in [4.69, 9.17) is 0 Å². The third kappa shape index (κ3) is 4.28. The Morgan fingerprint density at radius 2 is 1.59 bits per heavy atom. The molecule has 0 aromatic rings. The van der Waals surface area contributed by atoms with Gasteiger partial charge in [0.25, 0.3) is 0 Å². The first kappa shape index (κ1) is 15.0. The van der Waals surface area contributed by atoms with Gasteiger partial charge in [0.15, 0.2) is 0 Å². The molecule has 0 heterocycles. The summed E-state index contributed by atoms with van der Waals surface area (Å²) >= 11 is 0. The number of nitrogens with one attached hydrogen (secondary N) is 1. The molecule has 0 amide bonds. The second-order valence-corrected chi connectivity index (χ2v) is 5.96. The van der Waals surface area contributed by atoms with Gasteiger partial charge in [-0.1, -0.05) is 59.3 Å². The van der Waals surface area contributed by atoms with Gasteiger partial charge in [0.2, 0.25) is 0 Å². The Hall–Kier alpha value is -0.0400. The molecular formula is C16H33N. The standard InChI is InChI=1S/C16H33N/c1-5-8-13-9-11-15(12-10-13)16(17-4)14(6-2)7-3/h13-17H,5-12H2,1-4H3. The number of hydrogen-bond acceptors (Lipinski definition) is 1. The van der Waals surface area contributed by atoms with E-state index in [2.05, 4.69) is 33.1 Å². The molecule has 0 aromatic carbocycles. The quantitative estimate of drug-likeness (QED) is 0.683. The highest BCUT2D eigenvalue weighted by Crippen LogP contribution is 2.36. The maximum Gasteiger partial charge on any atom is 0.0120 e. The van der Waals surface area contributed by atoms with E-state index in [0.29, 0.717) is 0 Å². The van der Waals surface area contributed by atoms with E-state index < -0.39 is 0 Å². The van der Waals surface area contributed by atoms with Crippen molar-refractivity contribution in [1.29, 1.82) is 0 Å². The highest BCUT2D eigenvalue weighted by atomic mass is 14.9. The van der Waals surface area contributed by atoms with Gasteiger partial charge < -0.3 is 5.32 Å². The van der Waals surface area contributed by atoms with Crippen LogP contribution in [0.1, 0.15) is 72.1 Å². The van der Waals surface area contributed by atoms with Crippen molar-refractivity contribution >= 4 is 0 Å². The van der Waals surface area contributed by atoms with Crippen molar-refractivity contribution in [3.63, 3.8) is 0 Å². The fourth-order valence-electron chi connectivity index (χ4n) is 3.90. The van der Waals surface area contributed by atoms with Gasteiger partial charge in [-0.05, 0) is 37.6 Å². The topological polar surface area (TPSA) is 12.0 Å². The summed E-state index contributed by atoms with van der Waals surface area (Å²) in [5, 5.41) is 3.62. The molecule has 0 bridgehead atoms. The average molecular weight is 239 g/mol. The first-order chi connectivity index (χ1) is 8.26. The van der Waals surface area contributed by atoms with E-state index in [0.717, 1.165) is 23.8 Å². The molecule has 1 unspecified atom stereocenters. The summed E-state index contributed by atoms with van der Waals surface area (Å²) in [4.78, 5) is 0. The van der Waals surface area contributed by atoms with Gasteiger partial charge in [0.1, 0.15) is 0 Å². The molecule has 0 aromatic heterocycles.